The number of carbonyl (C=O) groups is 2. The van der Waals surface area contributed by atoms with Gasteiger partial charge >= 0.3 is 0 Å². The quantitative estimate of drug-likeness (QED) is 0.834. The van der Waals surface area contributed by atoms with Crippen molar-refractivity contribution in [3.63, 3.8) is 0 Å². The number of quaternary nitrogens is 1. The van der Waals surface area contributed by atoms with Gasteiger partial charge in [0.25, 0.3) is 5.91 Å². The molecule has 0 saturated carbocycles. The third-order valence-electron chi connectivity index (χ3n) is 5.20. The summed E-state index contributed by atoms with van der Waals surface area (Å²) in [5.74, 6) is -0.000710. The van der Waals surface area contributed by atoms with Crippen LogP contribution in [-0.4, -0.2) is 44.0 Å². The maximum absolute atomic E-state index is 12.6. The number of piperidine rings is 1. The number of benzene rings is 1. The van der Waals surface area contributed by atoms with Crippen LogP contribution in [0.1, 0.15) is 49.4 Å². The summed E-state index contributed by atoms with van der Waals surface area (Å²) in [5.41, 5.74) is 1.22. The van der Waals surface area contributed by atoms with Crippen LogP contribution in [0.15, 0.2) is 18.2 Å². The average Bonchev–Trinajstić information content (AvgIpc) is 3.03. The minimum absolute atomic E-state index is 0.0747. The highest BCUT2D eigenvalue weighted by atomic mass is 35.5. The molecule has 0 aliphatic carbocycles. The molecule has 2 fully saturated rings. The van der Waals surface area contributed by atoms with Crippen molar-refractivity contribution in [2.24, 2.45) is 0 Å². The zero-order chi connectivity index (χ0) is 17.8. The lowest BCUT2D eigenvalue weighted by molar-refractivity contribution is -0.905. The monoisotopic (exact) mass is 364 g/mol. The summed E-state index contributed by atoms with van der Waals surface area (Å²) in [6.45, 7) is 6.33. The summed E-state index contributed by atoms with van der Waals surface area (Å²) in [4.78, 5) is 27.9. The van der Waals surface area contributed by atoms with Crippen LogP contribution in [0, 0.1) is 0 Å². The molecule has 2 aliphatic rings. The molecule has 25 heavy (non-hydrogen) atoms. The molecule has 0 atom stereocenters. The van der Waals surface area contributed by atoms with E-state index in [1.807, 2.05) is 0 Å². The lowest BCUT2D eigenvalue weighted by Crippen LogP contribution is -3.13. The van der Waals surface area contributed by atoms with Gasteiger partial charge in [0.05, 0.1) is 30.3 Å². The van der Waals surface area contributed by atoms with E-state index >= 15 is 0 Å². The van der Waals surface area contributed by atoms with Crippen molar-refractivity contribution in [3.8, 4) is 0 Å². The molecule has 0 bridgehead atoms. The zero-order valence-corrected chi connectivity index (χ0v) is 15.6. The minimum atomic E-state index is -0.0755. The minimum Gasteiger partial charge on any atom is -0.349 e. The fourth-order valence-corrected chi connectivity index (χ4v) is 4.03. The van der Waals surface area contributed by atoms with Crippen molar-refractivity contribution < 1.29 is 14.5 Å². The Bertz CT molecular complexity index is 642. The molecular weight excluding hydrogens is 338 g/mol. The van der Waals surface area contributed by atoms with Crippen LogP contribution >= 0.6 is 11.6 Å². The van der Waals surface area contributed by atoms with Gasteiger partial charge in [0.2, 0.25) is 5.91 Å². The van der Waals surface area contributed by atoms with Gasteiger partial charge in [0.15, 0.2) is 0 Å². The number of amides is 2. The van der Waals surface area contributed by atoms with E-state index in [1.54, 1.807) is 28.0 Å². The highest BCUT2D eigenvalue weighted by Crippen LogP contribution is 2.30. The molecule has 5 nitrogen and oxygen atoms in total. The molecule has 2 heterocycles. The average molecular weight is 365 g/mol. The molecule has 136 valence electrons. The van der Waals surface area contributed by atoms with E-state index in [-0.39, 0.29) is 17.9 Å². The van der Waals surface area contributed by atoms with Crippen molar-refractivity contribution in [3.05, 3.63) is 28.8 Å². The molecule has 0 aromatic heterocycles. The van der Waals surface area contributed by atoms with Gasteiger partial charge in [-0.05, 0) is 31.0 Å². The maximum atomic E-state index is 12.6. The summed E-state index contributed by atoms with van der Waals surface area (Å²) < 4.78 is 0. The number of nitrogens with one attached hydrogen (secondary N) is 2. The van der Waals surface area contributed by atoms with E-state index in [0.29, 0.717) is 29.2 Å². The Morgan fingerprint density at radius 2 is 2.12 bits per heavy atom. The smallest absolute Gasteiger partial charge is 0.251 e. The summed E-state index contributed by atoms with van der Waals surface area (Å²) >= 11 is 6.26. The first-order valence-corrected chi connectivity index (χ1v) is 9.70. The number of rotatable bonds is 5. The summed E-state index contributed by atoms with van der Waals surface area (Å²) in [6, 6.07) is 5.43. The van der Waals surface area contributed by atoms with Crippen molar-refractivity contribution in [2.45, 2.75) is 45.1 Å². The molecule has 2 N–H and O–H groups in total. The number of likely N-dealkylation sites (tertiary alicyclic amines) is 1. The van der Waals surface area contributed by atoms with Crippen LogP contribution in [0.3, 0.4) is 0 Å². The van der Waals surface area contributed by atoms with Gasteiger partial charge in [0.1, 0.15) is 0 Å². The van der Waals surface area contributed by atoms with E-state index in [2.05, 4.69) is 12.2 Å². The first-order valence-electron chi connectivity index (χ1n) is 9.33. The van der Waals surface area contributed by atoms with Gasteiger partial charge < -0.3 is 15.1 Å². The second kappa shape index (κ2) is 8.19. The van der Waals surface area contributed by atoms with Gasteiger partial charge in [-0.2, -0.15) is 0 Å². The summed E-state index contributed by atoms with van der Waals surface area (Å²) in [6.07, 6.45) is 4.63. The lowest BCUT2D eigenvalue weighted by atomic mass is 10.0. The van der Waals surface area contributed by atoms with Crippen LogP contribution < -0.4 is 15.1 Å². The molecule has 1 aromatic carbocycles. The lowest BCUT2D eigenvalue weighted by Gasteiger charge is -2.29. The number of carbonyl (C=O) groups excluding carboxylic acids is 2. The van der Waals surface area contributed by atoms with E-state index in [0.717, 1.165) is 32.4 Å². The standard InChI is InChI=1S/C19H26ClN3O2/c1-2-9-22-11-7-15(8-12-22)21-19(25)14-5-6-16(20)17(13-14)23-10-3-4-18(23)24/h5-6,13,15H,2-4,7-12H2,1H3,(H,21,25)/p+1. The van der Waals surface area contributed by atoms with Crippen LogP contribution in [0.25, 0.3) is 0 Å². The molecular formula is C19H27ClN3O2+. The zero-order valence-electron chi connectivity index (χ0n) is 14.8. The van der Waals surface area contributed by atoms with E-state index in [1.165, 1.54) is 13.0 Å². The molecule has 1 aromatic rings. The van der Waals surface area contributed by atoms with Crippen molar-refractivity contribution >= 4 is 29.1 Å². The maximum Gasteiger partial charge on any atom is 0.251 e. The van der Waals surface area contributed by atoms with Gasteiger partial charge in [0, 0.05) is 37.4 Å². The number of nitrogens with zero attached hydrogens (tertiary/aromatic N) is 1. The topological polar surface area (TPSA) is 53.9 Å². The van der Waals surface area contributed by atoms with Crippen LogP contribution in [0.4, 0.5) is 5.69 Å². The fraction of sp³-hybridized carbons (Fsp3) is 0.579. The number of hydrogen-bond acceptors (Lipinski definition) is 2. The predicted molar refractivity (Wildman–Crippen MR) is 99.4 cm³/mol. The van der Waals surface area contributed by atoms with Crippen molar-refractivity contribution in [1.82, 2.24) is 5.32 Å². The molecule has 0 radical (unpaired) electrons. The molecule has 2 saturated heterocycles. The van der Waals surface area contributed by atoms with Crippen molar-refractivity contribution in [1.29, 1.82) is 0 Å². The second-order valence-corrected chi connectivity index (χ2v) is 7.47. The molecule has 0 spiro atoms. The normalized spacial score (nSPS) is 23.8. The molecule has 2 amide bonds. The predicted octanol–water partition coefficient (Wildman–Crippen LogP) is 1.65. The fourth-order valence-electron chi connectivity index (χ4n) is 3.81. The molecule has 2 aliphatic heterocycles. The van der Waals surface area contributed by atoms with Crippen LogP contribution in [0.2, 0.25) is 5.02 Å². The highest BCUT2D eigenvalue weighted by molar-refractivity contribution is 6.34. The van der Waals surface area contributed by atoms with Crippen LogP contribution in [0.5, 0.6) is 0 Å². The first kappa shape index (κ1) is 18.2. The summed E-state index contributed by atoms with van der Waals surface area (Å²) in [7, 11) is 0. The number of halogens is 1. The number of hydrogen-bond donors (Lipinski definition) is 2. The Labute approximate surface area is 154 Å². The second-order valence-electron chi connectivity index (χ2n) is 7.06. The van der Waals surface area contributed by atoms with Gasteiger partial charge in [-0.1, -0.05) is 18.5 Å². The van der Waals surface area contributed by atoms with Gasteiger partial charge in [-0.25, -0.2) is 0 Å². The SMILES string of the molecule is CCC[NH+]1CCC(NC(=O)c2ccc(Cl)c(N3CCCC3=O)c2)CC1. The Balaban J connectivity index is 1.64. The van der Waals surface area contributed by atoms with E-state index in [4.69, 9.17) is 11.6 Å². The summed E-state index contributed by atoms with van der Waals surface area (Å²) in [5, 5.41) is 3.66. The molecule has 0 unspecified atom stereocenters. The Morgan fingerprint density at radius 1 is 1.36 bits per heavy atom. The Morgan fingerprint density at radius 3 is 2.76 bits per heavy atom. The van der Waals surface area contributed by atoms with Crippen LogP contribution in [-0.2, 0) is 4.79 Å². The van der Waals surface area contributed by atoms with E-state index in [9.17, 15) is 9.59 Å². The highest BCUT2D eigenvalue weighted by Gasteiger charge is 2.26. The Kier molecular flexibility index (Phi) is 5.97. The Hall–Kier alpha value is -1.59. The van der Waals surface area contributed by atoms with Crippen molar-refractivity contribution in [2.75, 3.05) is 31.1 Å². The third kappa shape index (κ3) is 4.33. The van der Waals surface area contributed by atoms with Gasteiger partial charge in [-0.3, -0.25) is 9.59 Å². The van der Waals surface area contributed by atoms with Gasteiger partial charge in [-0.15, -0.1) is 0 Å². The van der Waals surface area contributed by atoms with E-state index < -0.39 is 0 Å². The first-order chi connectivity index (χ1) is 12.1. The largest absolute Gasteiger partial charge is 0.349 e. The number of anilines is 1. The third-order valence-corrected chi connectivity index (χ3v) is 5.52. The molecule has 3 rings (SSSR count). The molecule has 6 heteroatoms.